The Bertz CT molecular complexity index is 433. The normalized spacial score (nSPS) is 18.2. The molecule has 1 heterocycles. The van der Waals surface area contributed by atoms with E-state index in [4.69, 9.17) is 0 Å². The standard InChI is InChI=1S/C14H20N2O2S/c1-11(15-10-12-6-8-19-9-7-12)13-4-2-3-5-14(13)16(17)18/h2-5,11-12,15H,6-10H2,1H3. The van der Waals surface area contributed by atoms with Crippen molar-refractivity contribution in [3.05, 3.63) is 39.9 Å². The van der Waals surface area contributed by atoms with Gasteiger partial charge in [-0.2, -0.15) is 11.8 Å². The van der Waals surface area contributed by atoms with Gasteiger partial charge >= 0.3 is 0 Å². The van der Waals surface area contributed by atoms with Crippen LogP contribution in [0.5, 0.6) is 0 Å². The van der Waals surface area contributed by atoms with Crippen LogP contribution in [0.15, 0.2) is 24.3 Å². The predicted octanol–water partition coefficient (Wildman–Crippen LogP) is 3.39. The SMILES string of the molecule is CC(NCC1CCSCC1)c1ccccc1[N+](=O)[O-]. The molecule has 1 aliphatic heterocycles. The Kier molecular flexibility index (Phi) is 5.22. The number of hydrogen-bond acceptors (Lipinski definition) is 4. The van der Waals surface area contributed by atoms with E-state index in [9.17, 15) is 10.1 Å². The third-order valence-corrected chi connectivity index (χ3v) is 4.70. The average Bonchev–Trinajstić information content (AvgIpc) is 2.46. The minimum absolute atomic E-state index is 0.0242. The zero-order valence-electron chi connectivity index (χ0n) is 11.2. The molecule has 0 aliphatic carbocycles. The highest BCUT2D eigenvalue weighted by molar-refractivity contribution is 7.99. The molecule has 1 aliphatic rings. The van der Waals surface area contributed by atoms with E-state index in [-0.39, 0.29) is 16.7 Å². The van der Waals surface area contributed by atoms with E-state index in [1.165, 1.54) is 24.3 Å². The van der Waals surface area contributed by atoms with Gasteiger partial charge < -0.3 is 5.32 Å². The van der Waals surface area contributed by atoms with Crippen molar-refractivity contribution < 1.29 is 4.92 Å². The van der Waals surface area contributed by atoms with Gasteiger partial charge in [0.15, 0.2) is 0 Å². The number of rotatable bonds is 5. The fourth-order valence-corrected chi connectivity index (χ4v) is 3.63. The average molecular weight is 280 g/mol. The van der Waals surface area contributed by atoms with Crippen molar-refractivity contribution in [2.75, 3.05) is 18.1 Å². The van der Waals surface area contributed by atoms with Crippen LogP contribution in [-0.4, -0.2) is 23.0 Å². The zero-order chi connectivity index (χ0) is 13.7. The van der Waals surface area contributed by atoms with Gasteiger partial charge in [-0.3, -0.25) is 10.1 Å². The first kappa shape index (κ1) is 14.3. The maximum absolute atomic E-state index is 11.0. The van der Waals surface area contributed by atoms with E-state index < -0.39 is 0 Å². The van der Waals surface area contributed by atoms with E-state index in [1.807, 2.05) is 30.8 Å². The summed E-state index contributed by atoms with van der Waals surface area (Å²) in [5.74, 6) is 3.20. The largest absolute Gasteiger partial charge is 0.310 e. The van der Waals surface area contributed by atoms with Crippen LogP contribution in [-0.2, 0) is 0 Å². The second-order valence-corrected chi connectivity index (χ2v) is 6.23. The lowest BCUT2D eigenvalue weighted by Crippen LogP contribution is -2.28. The van der Waals surface area contributed by atoms with E-state index >= 15 is 0 Å². The molecule has 0 spiro atoms. The molecule has 1 saturated heterocycles. The quantitative estimate of drug-likeness (QED) is 0.663. The molecule has 1 N–H and O–H groups in total. The van der Waals surface area contributed by atoms with Crippen LogP contribution in [0.1, 0.15) is 31.4 Å². The molecule has 4 nitrogen and oxygen atoms in total. The summed E-state index contributed by atoms with van der Waals surface area (Å²) in [5.41, 5.74) is 0.986. The van der Waals surface area contributed by atoms with E-state index in [2.05, 4.69) is 5.32 Å². The molecule has 1 unspecified atom stereocenters. The summed E-state index contributed by atoms with van der Waals surface area (Å²) >= 11 is 2.02. The Morgan fingerprint density at radius 1 is 1.42 bits per heavy atom. The van der Waals surface area contributed by atoms with Gasteiger partial charge in [0.25, 0.3) is 5.69 Å². The number of hydrogen-bond donors (Lipinski definition) is 1. The first-order chi connectivity index (χ1) is 9.18. The molecular formula is C14H20N2O2S. The van der Waals surface area contributed by atoms with E-state index in [0.29, 0.717) is 5.92 Å². The first-order valence-electron chi connectivity index (χ1n) is 6.73. The molecule has 5 heteroatoms. The number of nitrogens with one attached hydrogen (secondary N) is 1. The lowest BCUT2D eigenvalue weighted by Gasteiger charge is -2.24. The molecule has 0 radical (unpaired) electrons. The van der Waals surface area contributed by atoms with Crippen molar-refractivity contribution in [1.29, 1.82) is 0 Å². The highest BCUT2D eigenvalue weighted by Crippen LogP contribution is 2.26. The molecule has 104 valence electrons. The third-order valence-electron chi connectivity index (χ3n) is 3.65. The molecular weight excluding hydrogens is 260 g/mol. The van der Waals surface area contributed by atoms with Crippen molar-refractivity contribution >= 4 is 17.4 Å². The number of nitrogens with zero attached hydrogens (tertiary/aromatic N) is 1. The summed E-state index contributed by atoms with van der Waals surface area (Å²) in [6.45, 7) is 2.95. The monoisotopic (exact) mass is 280 g/mol. The Morgan fingerprint density at radius 2 is 2.11 bits per heavy atom. The predicted molar refractivity (Wildman–Crippen MR) is 79.6 cm³/mol. The number of para-hydroxylation sites is 1. The van der Waals surface area contributed by atoms with Gasteiger partial charge in [0.1, 0.15) is 0 Å². The number of nitro benzene ring substituents is 1. The Balaban J connectivity index is 1.95. The fourth-order valence-electron chi connectivity index (χ4n) is 2.42. The van der Waals surface area contributed by atoms with Crippen LogP contribution >= 0.6 is 11.8 Å². The summed E-state index contributed by atoms with van der Waals surface area (Å²) in [7, 11) is 0. The van der Waals surface area contributed by atoms with Gasteiger partial charge in [-0.1, -0.05) is 18.2 Å². The second-order valence-electron chi connectivity index (χ2n) is 5.00. The lowest BCUT2D eigenvalue weighted by molar-refractivity contribution is -0.385. The summed E-state index contributed by atoms with van der Waals surface area (Å²) in [5, 5.41) is 14.5. The van der Waals surface area contributed by atoms with Crippen molar-refractivity contribution in [3.8, 4) is 0 Å². The van der Waals surface area contributed by atoms with E-state index in [1.54, 1.807) is 12.1 Å². The van der Waals surface area contributed by atoms with Crippen LogP contribution in [0.25, 0.3) is 0 Å². The Labute approximate surface area is 118 Å². The summed E-state index contributed by atoms with van der Waals surface area (Å²) in [6.07, 6.45) is 2.50. The molecule has 1 aromatic rings. The fraction of sp³-hybridized carbons (Fsp3) is 0.571. The highest BCUT2D eigenvalue weighted by atomic mass is 32.2. The Hall–Kier alpha value is -1.07. The molecule has 2 rings (SSSR count). The van der Waals surface area contributed by atoms with Crippen LogP contribution in [0.4, 0.5) is 5.69 Å². The molecule has 1 atom stereocenters. The summed E-state index contributed by atoms with van der Waals surface area (Å²) < 4.78 is 0. The molecule has 19 heavy (non-hydrogen) atoms. The zero-order valence-corrected chi connectivity index (χ0v) is 12.0. The molecule has 0 saturated carbocycles. The molecule has 1 fully saturated rings. The van der Waals surface area contributed by atoms with Gasteiger partial charge in [0.2, 0.25) is 0 Å². The number of thioether (sulfide) groups is 1. The van der Waals surface area contributed by atoms with Crippen molar-refractivity contribution in [3.63, 3.8) is 0 Å². The summed E-state index contributed by atoms with van der Waals surface area (Å²) in [6, 6.07) is 7.01. The molecule has 0 bridgehead atoms. The van der Waals surface area contributed by atoms with Gasteiger partial charge in [0, 0.05) is 17.7 Å². The first-order valence-corrected chi connectivity index (χ1v) is 7.88. The Morgan fingerprint density at radius 3 is 2.79 bits per heavy atom. The minimum atomic E-state index is -0.301. The topological polar surface area (TPSA) is 55.2 Å². The van der Waals surface area contributed by atoms with Crippen LogP contribution in [0.2, 0.25) is 0 Å². The van der Waals surface area contributed by atoms with Gasteiger partial charge in [-0.15, -0.1) is 0 Å². The third kappa shape index (κ3) is 3.94. The number of benzene rings is 1. The molecule has 0 amide bonds. The van der Waals surface area contributed by atoms with Crippen LogP contribution < -0.4 is 5.32 Å². The van der Waals surface area contributed by atoms with Gasteiger partial charge in [-0.25, -0.2) is 0 Å². The van der Waals surface area contributed by atoms with Crippen LogP contribution in [0, 0.1) is 16.0 Å². The highest BCUT2D eigenvalue weighted by Gasteiger charge is 2.19. The van der Waals surface area contributed by atoms with Gasteiger partial charge in [-0.05, 0) is 43.7 Å². The lowest BCUT2D eigenvalue weighted by atomic mass is 10.0. The second kappa shape index (κ2) is 6.91. The van der Waals surface area contributed by atoms with Crippen molar-refractivity contribution in [2.24, 2.45) is 5.92 Å². The maximum atomic E-state index is 11.0. The van der Waals surface area contributed by atoms with Crippen molar-refractivity contribution in [2.45, 2.75) is 25.8 Å². The smallest absolute Gasteiger partial charge is 0.274 e. The van der Waals surface area contributed by atoms with Crippen LogP contribution in [0.3, 0.4) is 0 Å². The molecule has 1 aromatic carbocycles. The van der Waals surface area contributed by atoms with Gasteiger partial charge in [0.05, 0.1) is 4.92 Å². The minimum Gasteiger partial charge on any atom is -0.310 e. The van der Waals surface area contributed by atoms with E-state index in [0.717, 1.165) is 12.1 Å². The maximum Gasteiger partial charge on any atom is 0.274 e. The molecule has 0 aromatic heterocycles. The summed E-state index contributed by atoms with van der Waals surface area (Å²) in [4.78, 5) is 10.7. The number of nitro groups is 1. The van der Waals surface area contributed by atoms with Crippen molar-refractivity contribution in [1.82, 2.24) is 5.32 Å².